The molecule has 1 rings (SSSR count). The monoisotopic (exact) mass is 388 g/mol. The lowest BCUT2D eigenvalue weighted by atomic mass is 10.3. The molecule has 24 heavy (non-hydrogen) atoms. The van der Waals surface area contributed by atoms with Gasteiger partial charge in [0, 0.05) is 53.5 Å². The number of hydrogen-bond acceptors (Lipinski definition) is 6. The summed E-state index contributed by atoms with van der Waals surface area (Å²) in [4.78, 5) is 27.6. The molecule has 144 valence electrons. The molecule has 0 aliphatic carbocycles. The summed E-state index contributed by atoms with van der Waals surface area (Å²) >= 11 is 0. The van der Waals surface area contributed by atoms with Crippen LogP contribution in [0, 0.1) is 0 Å². The Morgan fingerprint density at radius 1 is 0.958 bits per heavy atom. The lowest BCUT2D eigenvalue weighted by molar-refractivity contribution is -0.132. The predicted octanol–water partition coefficient (Wildman–Crippen LogP) is -1.03. The molecule has 1 saturated heterocycles. The summed E-state index contributed by atoms with van der Waals surface area (Å²) in [6, 6.07) is 0. The van der Waals surface area contributed by atoms with Crippen molar-refractivity contribution in [2.45, 2.75) is 0 Å². The number of carbonyl (C=O) groups is 2. The summed E-state index contributed by atoms with van der Waals surface area (Å²) in [7, 11) is 3.24. The number of ether oxygens (including phenoxy) is 2. The van der Waals surface area contributed by atoms with E-state index in [4.69, 9.17) is 9.47 Å². The van der Waals surface area contributed by atoms with Gasteiger partial charge >= 0.3 is 0 Å². The van der Waals surface area contributed by atoms with E-state index in [1.165, 1.54) is 0 Å². The summed E-state index contributed by atoms with van der Waals surface area (Å²) in [5.74, 6) is 0.0957. The number of piperazine rings is 1. The smallest absolute Gasteiger partial charge is 0.236 e. The van der Waals surface area contributed by atoms with Gasteiger partial charge in [0.05, 0.1) is 26.3 Å². The summed E-state index contributed by atoms with van der Waals surface area (Å²) in [6.45, 7) is 5.79. The molecule has 0 spiro atoms. The number of halogens is 2. The average Bonchev–Trinajstić information content (AvgIpc) is 2.52. The van der Waals surface area contributed by atoms with Gasteiger partial charge in [-0.1, -0.05) is 0 Å². The van der Waals surface area contributed by atoms with Crippen molar-refractivity contribution in [2.24, 2.45) is 0 Å². The van der Waals surface area contributed by atoms with Gasteiger partial charge in [-0.05, 0) is 0 Å². The van der Waals surface area contributed by atoms with Gasteiger partial charge < -0.3 is 25.0 Å². The van der Waals surface area contributed by atoms with Crippen LogP contribution in [0.2, 0.25) is 0 Å². The maximum Gasteiger partial charge on any atom is 0.236 e. The van der Waals surface area contributed by atoms with Crippen molar-refractivity contribution < 1.29 is 19.1 Å². The molecule has 0 aromatic carbocycles. The van der Waals surface area contributed by atoms with E-state index < -0.39 is 0 Å². The van der Waals surface area contributed by atoms with E-state index in [0.717, 1.165) is 13.1 Å². The minimum Gasteiger partial charge on any atom is -0.383 e. The van der Waals surface area contributed by atoms with Crippen molar-refractivity contribution in [2.75, 3.05) is 79.8 Å². The minimum absolute atomic E-state index is 0. The van der Waals surface area contributed by atoms with Crippen molar-refractivity contribution in [3.8, 4) is 0 Å². The Morgan fingerprint density at radius 3 is 2.12 bits per heavy atom. The van der Waals surface area contributed by atoms with Gasteiger partial charge in [0.15, 0.2) is 0 Å². The topological polar surface area (TPSA) is 83.1 Å². The van der Waals surface area contributed by atoms with Crippen molar-refractivity contribution in [1.82, 2.24) is 20.4 Å². The standard InChI is InChI=1S/C14H28N4O4.2ClH/c1-21-9-3-15-11-14(20)18-7-5-17(6-8-18)12-13(19)16-4-10-22-2;;/h15H,3-12H2,1-2H3,(H,16,19);2*1H. The molecule has 1 aliphatic rings. The fourth-order valence-corrected chi connectivity index (χ4v) is 2.19. The summed E-state index contributed by atoms with van der Waals surface area (Å²) < 4.78 is 9.80. The average molecular weight is 389 g/mol. The molecule has 0 aromatic rings. The van der Waals surface area contributed by atoms with Crippen LogP contribution in [0.25, 0.3) is 0 Å². The number of methoxy groups -OCH3 is 2. The molecule has 0 saturated carbocycles. The molecule has 0 aromatic heterocycles. The van der Waals surface area contributed by atoms with Crippen LogP contribution in [-0.2, 0) is 19.1 Å². The zero-order valence-corrected chi connectivity index (χ0v) is 16.0. The van der Waals surface area contributed by atoms with Gasteiger partial charge in [-0.3, -0.25) is 14.5 Å². The second-order valence-corrected chi connectivity index (χ2v) is 5.17. The highest BCUT2D eigenvalue weighted by molar-refractivity contribution is 5.85. The molecule has 10 heteroatoms. The molecule has 0 atom stereocenters. The van der Waals surface area contributed by atoms with Crippen LogP contribution in [0.3, 0.4) is 0 Å². The molecule has 0 radical (unpaired) electrons. The van der Waals surface area contributed by atoms with Crippen LogP contribution in [0.15, 0.2) is 0 Å². The molecule has 2 amide bonds. The molecule has 8 nitrogen and oxygen atoms in total. The van der Waals surface area contributed by atoms with Crippen LogP contribution in [-0.4, -0.2) is 101 Å². The second-order valence-electron chi connectivity index (χ2n) is 5.17. The molecule has 1 fully saturated rings. The van der Waals surface area contributed by atoms with Crippen LogP contribution in [0.5, 0.6) is 0 Å². The van der Waals surface area contributed by atoms with Crippen LogP contribution in [0.1, 0.15) is 0 Å². The lowest BCUT2D eigenvalue weighted by Gasteiger charge is -2.34. The van der Waals surface area contributed by atoms with E-state index in [9.17, 15) is 9.59 Å². The Hall–Kier alpha value is -0.640. The fraction of sp³-hybridized carbons (Fsp3) is 0.857. The van der Waals surface area contributed by atoms with Gasteiger partial charge in [0.2, 0.25) is 11.8 Å². The predicted molar refractivity (Wildman–Crippen MR) is 97.1 cm³/mol. The van der Waals surface area contributed by atoms with Crippen molar-refractivity contribution >= 4 is 36.6 Å². The molecular formula is C14H30Cl2N4O4. The van der Waals surface area contributed by atoms with Crippen molar-refractivity contribution in [3.63, 3.8) is 0 Å². The first-order valence-corrected chi connectivity index (χ1v) is 7.62. The van der Waals surface area contributed by atoms with E-state index in [-0.39, 0.29) is 36.6 Å². The zero-order chi connectivity index (χ0) is 16.2. The normalized spacial score (nSPS) is 14.5. The van der Waals surface area contributed by atoms with Crippen LogP contribution >= 0.6 is 24.8 Å². The van der Waals surface area contributed by atoms with Gasteiger partial charge in [-0.2, -0.15) is 0 Å². The van der Waals surface area contributed by atoms with Crippen LogP contribution < -0.4 is 10.6 Å². The number of nitrogens with zero attached hydrogens (tertiary/aromatic N) is 2. The van der Waals surface area contributed by atoms with Gasteiger partial charge in [-0.25, -0.2) is 0 Å². The Morgan fingerprint density at radius 2 is 1.54 bits per heavy atom. The van der Waals surface area contributed by atoms with E-state index in [1.54, 1.807) is 14.2 Å². The van der Waals surface area contributed by atoms with E-state index >= 15 is 0 Å². The summed E-state index contributed by atoms with van der Waals surface area (Å²) in [6.07, 6.45) is 0. The second kappa shape index (κ2) is 15.9. The Balaban J connectivity index is 0. The molecular weight excluding hydrogens is 359 g/mol. The Kier molecular flexibility index (Phi) is 16.9. The molecule has 1 aliphatic heterocycles. The van der Waals surface area contributed by atoms with Crippen molar-refractivity contribution in [1.29, 1.82) is 0 Å². The Bertz CT molecular complexity index is 343. The van der Waals surface area contributed by atoms with Crippen LogP contribution in [0.4, 0.5) is 0 Å². The third kappa shape index (κ3) is 11.0. The first-order valence-electron chi connectivity index (χ1n) is 7.62. The largest absolute Gasteiger partial charge is 0.383 e. The zero-order valence-electron chi connectivity index (χ0n) is 14.4. The number of rotatable bonds is 10. The molecule has 1 heterocycles. The number of amides is 2. The van der Waals surface area contributed by atoms with E-state index in [1.807, 2.05) is 4.90 Å². The van der Waals surface area contributed by atoms with Gasteiger partial charge in [0.25, 0.3) is 0 Å². The molecule has 0 unspecified atom stereocenters. The third-order valence-electron chi connectivity index (χ3n) is 3.48. The summed E-state index contributed by atoms with van der Waals surface area (Å²) in [5, 5.41) is 5.85. The van der Waals surface area contributed by atoms with Gasteiger partial charge in [-0.15, -0.1) is 24.8 Å². The van der Waals surface area contributed by atoms with Crippen molar-refractivity contribution in [3.05, 3.63) is 0 Å². The third-order valence-corrected chi connectivity index (χ3v) is 3.48. The van der Waals surface area contributed by atoms with E-state index in [0.29, 0.717) is 52.5 Å². The summed E-state index contributed by atoms with van der Waals surface area (Å²) in [5.41, 5.74) is 0. The maximum atomic E-state index is 12.0. The minimum atomic E-state index is -0.00180. The lowest BCUT2D eigenvalue weighted by Crippen LogP contribution is -2.52. The molecule has 0 bridgehead atoms. The first-order chi connectivity index (χ1) is 10.7. The number of hydrogen-bond donors (Lipinski definition) is 2. The molecule has 2 N–H and O–H groups in total. The quantitative estimate of drug-likeness (QED) is 0.465. The fourth-order valence-electron chi connectivity index (χ4n) is 2.19. The highest BCUT2D eigenvalue weighted by atomic mass is 35.5. The highest BCUT2D eigenvalue weighted by Crippen LogP contribution is 2.01. The number of carbonyl (C=O) groups excluding carboxylic acids is 2. The highest BCUT2D eigenvalue weighted by Gasteiger charge is 2.21. The SMILES string of the molecule is COCCNCC(=O)N1CCN(CC(=O)NCCOC)CC1.Cl.Cl. The number of nitrogens with one attached hydrogen (secondary N) is 2. The first kappa shape index (κ1) is 25.6. The maximum absolute atomic E-state index is 12.0. The Labute approximate surface area is 156 Å². The van der Waals surface area contributed by atoms with Gasteiger partial charge in [0.1, 0.15) is 0 Å². The van der Waals surface area contributed by atoms with E-state index in [2.05, 4.69) is 15.5 Å².